The van der Waals surface area contributed by atoms with E-state index < -0.39 is 0 Å². The van der Waals surface area contributed by atoms with Crippen LogP contribution in [0.4, 0.5) is 0 Å². The average molecular weight is 263 g/mol. The summed E-state index contributed by atoms with van der Waals surface area (Å²) >= 11 is 0. The van der Waals surface area contributed by atoms with Crippen LogP contribution >= 0.6 is 0 Å². The van der Waals surface area contributed by atoms with Crippen LogP contribution in [0.5, 0.6) is 11.5 Å². The largest absolute Gasteiger partial charge is 0.493 e. The van der Waals surface area contributed by atoms with Crippen LogP contribution in [-0.4, -0.2) is 19.8 Å². The summed E-state index contributed by atoms with van der Waals surface area (Å²) in [4.78, 5) is 0. The van der Waals surface area contributed by atoms with Crippen molar-refractivity contribution in [2.24, 2.45) is 11.7 Å². The van der Waals surface area contributed by atoms with Crippen molar-refractivity contribution < 1.29 is 9.47 Å². The van der Waals surface area contributed by atoms with Gasteiger partial charge in [-0.2, -0.15) is 0 Å². The van der Waals surface area contributed by atoms with Gasteiger partial charge in [0.2, 0.25) is 0 Å². The second kappa shape index (κ2) is 6.80. The van der Waals surface area contributed by atoms with Crippen molar-refractivity contribution in [1.29, 1.82) is 0 Å². The number of ether oxygens (including phenoxy) is 2. The van der Waals surface area contributed by atoms with Crippen molar-refractivity contribution in [2.75, 3.05) is 13.7 Å². The lowest BCUT2D eigenvalue weighted by Crippen LogP contribution is -2.19. The predicted octanol–water partition coefficient (Wildman–Crippen LogP) is 3.15. The first-order valence-electron chi connectivity index (χ1n) is 7.25. The van der Waals surface area contributed by atoms with Gasteiger partial charge in [-0.1, -0.05) is 25.0 Å². The highest BCUT2D eigenvalue weighted by Crippen LogP contribution is 2.33. The lowest BCUT2D eigenvalue weighted by molar-refractivity contribution is 0.238. The molecule has 3 nitrogen and oxygen atoms in total. The van der Waals surface area contributed by atoms with Crippen LogP contribution < -0.4 is 15.2 Å². The van der Waals surface area contributed by atoms with Gasteiger partial charge in [0.25, 0.3) is 0 Å². The van der Waals surface area contributed by atoms with Gasteiger partial charge >= 0.3 is 0 Å². The average Bonchev–Trinajstić information content (AvgIpc) is 2.89. The molecule has 0 aliphatic heterocycles. The molecule has 0 saturated heterocycles. The maximum Gasteiger partial charge on any atom is 0.164 e. The van der Waals surface area contributed by atoms with Crippen molar-refractivity contribution in [2.45, 2.75) is 45.1 Å². The Labute approximate surface area is 116 Å². The molecule has 3 heteroatoms. The van der Waals surface area contributed by atoms with Crippen LogP contribution in [0.25, 0.3) is 0 Å². The number of hydrogen-bond donors (Lipinski definition) is 1. The second-order valence-electron chi connectivity index (χ2n) is 5.59. The van der Waals surface area contributed by atoms with Crippen molar-refractivity contribution in [3.8, 4) is 11.5 Å². The molecule has 1 fully saturated rings. The molecule has 0 amide bonds. The Hall–Kier alpha value is -1.22. The molecule has 1 aliphatic rings. The van der Waals surface area contributed by atoms with E-state index in [-0.39, 0.29) is 6.04 Å². The molecule has 0 spiro atoms. The topological polar surface area (TPSA) is 44.5 Å². The van der Waals surface area contributed by atoms with E-state index in [1.807, 2.05) is 19.1 Å². The van der Waals surface area contributed by atoms with Crippen LogP contribution in [0.1, 0.15) is 38.2 Å². The summed E-state index contributed by atoms with van der Waals surface area (Å²) in [6, 6.07) is 6.16. The highest BCUT2D eigenvalue weighted by Gasteiger charge is 2.18. The molecule has 106 valence electrons. The van der Waals surface area contributed by atoms with Gasteiger partial charge in [-0.25, -0.2) is 0 Å². The number of benzene rings is 1. The molecule has 0 aromatic heterocycles. The molecule has 2 rings (SSSR count). The molecular formula is C16H25NO2. The zero-order valence-electron chi connectivity index (χ0n) is 12.0. The van der Waals surface area contributed by atoms with Crippen LogP contribution in [0.15, 0.2) is 18.2 Å². The third-order valence-corrected chi connectivity index (χ3v) is 3.76. The molecular weight excluding hydrogens is 238 g/mol. The monoisotopic (exact) mass is 263 g/mol. The molecule has 2 N–H and O–H groups in total. The first-order chi connectivity index (χ1) is 9.20. The summed E-state index contributed by atoms with van der Waals surface area (Å²) in [5, 5.41) is 0. The summed E-state index contributed by atoms with van der Waals surface area (Å²) in [5.74, 6) is 2.40. The summed E-state index contributed by atoms with van der Waals surface area (Å²) in [5.41, 5.74) is 7.05. The Balaban J connectivity index is 2.09. The van der Waals surface area contributed by atoms with Crippen molar-refractivity contribution in [3.05, 3.63) is 23.8 Å². The zero-order valence-corrected chi connectivity index (χ0v) is 12.0. The third-order valence-electron chi connectivity index (χ3n) is 3.76. The van der Waals surface area contributed by atoms with Gasteiger partial charge in [0.15, 0.2) is 11.5 Å². The van der Waals surface area contributed by atoms with E-state index in [1.54, 1.807) is 7.11 Å². The maximum atomic E-state index is 6.06. The molecule has 1 atom stereocenters. The van der Waals surface area contributed by atoms with Crippen molar-refractivity contribution in [1.82, 2.24) is 0 Å². The van der Waals surface area contributed by atoms with E-state index in [4.69, 9.17) is 15.2 Å². The van der Waals surface area contributed by atoms with Gasteiger partial charge in [0.05, 0.1) is 13.7 Å². The van der Waals surface area contributed by atoms with E-state index in [0.717, 1.165) is 30.1 Å². The predicted molar refractivity (Wildman–Crippen MR) is 77.8 cm³/mol. The Morgan fingerprint density at radius 3 is 2.68 bits per heavy atom. The van der Waals surface area contributed by atoms with Gasteiger partial charge in [0, 0.05) is 6.04 Å². The van der Waals surface area contributed by atoms with Crippen molar-refractivity contribution >= 4 is 0 Å². The van der Waals surface area contributed by atoms with E-state index in [0.29, 0.717) is 5.92 Å². The van der Waals surface area contributed by atoms with Crippen LogP contribution in [-0.2, 0) is 6.42 Å². The number of para-hydroxylation sites is 1. The molecule has 1 aromatic rings. The lowest BCUT2D eigenvalue weighted by atomic mass is 10.1. The van der Waals surface area contributed by atoms with E-state index in [1.165, 1.54) is 25.7 Å². The fraction of sp³-hybridized carbons (Fsp3) is 0.625. The quantitative estimate of drug-likeness (QED) is 0.857. The molecule has 0 radical (unpaired) electrons. The molecule has 19 heavy (non-hydrogen) atoms. The van der Waals surface area contributed by atoms with Gasteiger partial charge < -0.3 is 15.2 Å². The van der Waals surface area contributed by atoms with Gasteiger partial charge in [-0.05, 0) is 43.7 Å². The van der Waals surface area contributed by atoms with Crippen LogP contribution in [0, 0.1) is 5.92 Å². The van der Waals surface area contributed by atoms with E-state index in [2.05, 4.69) is 6.07 Å². The molecule has 1 aliphatic carbocycles. The van der Waals surface area contributed by atoms with Gasteiger partial charge in [-0.3, -0.25) is 0 Å². The Bertz CT molecular complexity index is 398. The van der Waals surface area contributed by atoms with Gasteiger partial charge in [-0.15, -0.1) is 0 Å². The highest BCUT2D eigenvalue weighted by atomic mass is 16.5. The Morgan fingerprint density at radius 2 is 2.05 bits per heavy atom. The summed E-state index contributed by atoms with van der Waals surface area (Å²) < 4.78 is 11.5. The molecule has 1 unspecified atom stereocenters. The van der Waals surface area contributed by atoms with Crippen LogP contribution in [0.2, 0.25) is 0 Å². The minimum atomic E-state index is 0.126. The Kier molecular flexibility index (Phi) is 5.08. The fourth-order valence-corrected chi connectivity index (χ4v) is 2.77. The Morgan fingerprint density at radius 1 is 1.32 bits per heavy atom. The second-order valence-corrected chi connectivity index (χ2v) is 5.59. The van der Waals surface area contributed by atoms with Gasteiger partial charge in [0.1, 0.15) is 0 Å². The minimum Gasteiger partial charge on any atom is -0.493 e. The summed E-state index contributed by atoms with van der Waals surface area (Å²) in [6.07, 6.45) is 6.08. The SMILES string of the molecule is COc1cccc(CC(C)N)c1OCC1CCCC1. The number of hydrogen-bond acceptors (Lipinski definition) is 3. The van der Waals surface area contributed by atoms with E-state index >= 15 is 0 Å². The molecule has 1 saturated carbocycles. The minimum absolute atomic E-state index is 0.126. The van der Waals surface area contributed by atoms with Crippen molar-refractivity contribution in [3.63, 3.8) is 0 Å². The number of rotatable bonds is 6. The van der Waals surface area contributed by atoms with Crippen LogP contribution in [0.3, 0.4) is 0 Å². The molecule has 1 aromatic carbocycles. The maximum absolute atomic E-state index is 6.06. The first-order valence-corrected chi connectivity index (χ1v) is 7.25. The molecule has 0 heterocycles. The summed E-state index contributed by atoms with van der Waals surface area (Å²) in [6.45, 7) is 2.81. The smallest absolute Gasteiger partial charge is 0.164 e. The first kappa shape index (κ1) is 14.2. The zero-order chi connectivity index (χ0) is 13.7. The van der Waals surface area contributed by atoms with E-state index in [9.17, 15) is 0 Å². The number of methoxy groups -OCH3 is 1. The summed E-state index contributed by atoms with van der Waals surface area (Å²) in [7, 11) is 1.69. The fourth-order valence-electron chi connectivity index (χ4n) is 2.77. The number of nitrogens with two attached hydrogens (primary N) is 1. The normalized spacial score (nSPS) is 17.4. The highest BCUT2D eigenvalue weighted by molar-refractivity contribution is 5.47. The standard InChI is InChI=1S/C16H25NO2/c1-12(17)10-14-8-5-9-15(18-2)16(14)19-11-13-6-3-4-7-13/h5,8-9,12-13H,3-4,6-7,10-11,17H2,1-2H3. The lowest BCUT2D eigenvalue weighted by Gasteiger charge is -2.18. The molecule has 0 bridgehead atoms. The third kappa shape index (κ3) is 3.87.